The van der Waals surface area contributed by atoms with E-state index in [-0.39, 0.29) is 24.9 Å². The molecule has 1 atom stereocenters. The van der Waals surface area contributed by atoms with Crippen molar-refractivity contribution in [3.05, 3.63) is 23.8 Å². The van der Waals surface area contributed by atoms with Crippen molar-refractivity contribution < 1.29 is 33.0 Å². The van der Waals surface area contributed by atoms with E-state index < -0.39 is 19.3 Å². The Morgan fingerprint density at radius 3 is 2.48 bits per heavy atom. The van der Waals surface area contributed by atoms with Gasteiger partial charge in [0.05, 0.1) is 13.2 Å². The summed E-state index contributed by atoms with van der Waals surface area (Å²) in [4.78, 5) is 23.7. The molecule has 176 valence electrons. The van der Waals surface area contributed by atoms with Crippen LogP contribution in [0.1, 0.15) is 58.9 Å². The smallest absolute Gasteiger partial charge is 0.407 e. The summed E-state index contributed by atoms with van der Waals surface area (Å²) in [6.45, 7) is 8.87. The summed E-state index contributed by atoms with van der Waals surface area (Å²) in [6.07, 6.45) is 2.07. The first-order chi connectivity index (χ1) is 14.5. The van der Waals surface area contributed by atoms with Gasteiger partial charge in [0.15, 0.2) is 0 Å². The summed E-state index contributed by atoms with van der Waals surface area (Å²) < 4.78 is 27.8. The van der Waals surface area contributed by atoms with Gasteiger partial charge in [0, 0.05) is 30.9 Å². The molecule has 0 radical (unpaired) electrons. The van der Waals surface area contributed by atoms with Crippen molar-refractivity contribution in [2.75, 3.05) is 25.1 Å². The van der Waals surface area contributed by atoms with Crippen molar-refractivity contribution in [3.8, 4) is 5.75 Å². The van der Waals surface area contributed by atoms with Crippen LogP contribution in [-0.4, -0.2) is 42.5 Å². The zero-order valence-electron chi connectivity index (χ0n) is 19.0. The van der Waals surface area contributed by atoms with E-state index in [1.165, 1.54) is 6.66 Å². The molecular formula is C21H35N2O7P. The van der Waals surface area contributed by atoms with Gasteiger partial charge < -0.3 is 29.5 Å². The minimum atomic E-state index is -3.27. The Morgan fingerprint density at radius 2 is 1.87 bits per heavy atom. The minimum absolute atomic E-state index is 0.159. The molecule has 1 aromatic carbocycles. The molecule has 1 unspecified atom stereocenters. The molecule has 0 bridgehead atoms. The quantitative estimate of drug-likeness (QED) is 0.312. The minimum Gasteiger partial charge on any atom is -0.444 e. The zero-order valence-corrected chi connectivity index (χ0v) is 19.9. The van der Waals surface area contributed by atoms with Gasteiger partial charge in [0.1, 0.15) is 11.4 Å². The van der Waals surface area contributed by atoms with Crippen molar-refractivity contribution in [1.29, 1.82) is 0 Å². The fraction of sp³-hybridized carbons (Fsp3) is 0.619. The average Bonchev–Trinajstić information content (AvgIpc) is 2.64. The normalized spacial score (nSPS) is 13.2. The van der Waals surface area contributed by atoms with Crippen molar-refractivity contribution in [2.24, 2.45) is 0 Å². The number of amides is 2. The average molecular weight is 458 g/mol. The Hall–Kier alpha value is -2.09. The number of carbonyl (C=O) groups excluding carboxylic acids is 2. The molecule has 31 heavy (non-hydrogen) atoms. The van der Waals surface area contributed by atoms with E-state index >= 15 is 0 Å². The van der Waals surface area contributed by atoms with Gasteiger partial charge in [0.2, 0.25) is 5.91 Å². The molecule has 3 N–H and O–H groups in total. The Balaban J connectivity index is 2.40. The zero-order chi connectivity index (χ0) is 23.5. The van der Waals surface area contributed by atoms with Crippen LogP contribution in [0.25, 0.3) is 0 Å². The molecule has 0 saturated carbocycles. The van der Waals surface area contributed by atoms with Gasteiger partial charge in [-0.2, -0.15) is 0 Å². The van der Waals surface area contributed by atoms with Gasteiger partial charge in [-0.1, -0.05) is 6.42 Å². The van der Waals surface area contributed by atoms with E-state index in [9.17, 15) is 19.3 Å². The van der Waals surface area contributed by atoms with Gasteiger partial charge in [-0.25, -0.2) is 9.36 Å². The summed E-state index contributed by atoms with van der Waals surface area (Å²) in [5, 5.41) is 15.0. The lowest BCUT2D eigenvalue weighted by Crippen LogP contribution is -2.33. The van der Waals surface area contributed by atoms with E-state index in [4.69, 9.17) is 13.8 Å². The Morgan fingerprint density at radius 1 is 1.16 bits per heavy atom. The first kappa shape index (κ1) is 26.9. The molecule has 0 aliphatic rings. The summed E-state index contributed by atoms with van der Waals surface area (Å²) in [5.74, 6) is 0.0883. The molecule has 1 rings (SSSR count). The highest BCUT2D eigenvalue weighted by Crippen LogP contribution is 2.45. The van der Waals surface area contributed by atoms with E-state index in [0.717, 1.165) is 12.8 Å². The lowest BCUT2D eigenvalue weighted by Gasteiger charge is -2.19. The van der Waals surface area contributed by atoms with Crippen LogP contribution in [0.15, 0.2) is 18.2 Å². The Kier molecular flexibility index (Phi) is 11.0. The predicted octanol–water partition coefficient (Wildman–Crippen LogP) is 4.44. The van der Waals surface area contributed by atoms with Crippen molar-refractivity contribution >= 4 is 25.3 Å². The van der Waals surface area contributed by atoms with Gasteiger partial charge in [0.25, 0.3) is 0 Å². The van der Waals surface area contributed by atoms with E-state index in [1.54, 1.807) is 45.9 Å². The molecule has 0 aliphatic heterocycles. The predicted molar refractivity (Wildman–Crippen MR) is 119 cm³/mol. The maximum atomic E-state index is 12.2. The van der Waals surface area contributed by atoms with Crippen molar-refractivity contribution in [1.82, 2.24) is 5.32 Å². The monoisotopic (exact) mass is 458 g/mol. The van der Waals surface area contributed by atoms with E-state index in [2.05, 4.69) is 10.6 Å². The second-order valence-electron chi connectivity index (χ2n) is 8.05. The Labute approximate surface area is 184 Å². The number of benzene rings is 1. The van der Waals surface area contributed by atoms with Crippen LogP contribution in [0.4, 0.5) is 10.5 Å². The first-order valence-electron chi connectivity index (χ1n) is 10.4. The molecule has 0 saturated heterocycles. The summed E-state index contributed by atoms with van der Waals surface area (Å²) in [6, 6.07) is 4.73. The highest BCUT2D eigenvalue weighted by Gasteiger charge is 2.20. The largest absolute Gasteiger partial charge is 0.444 e. The molecule has 2 amide bonds. The van der Waals surface area contributed by atoms with Gasteiger partial charge in [-0.05, 0) is 58.7 Å². The molecule has 0 heterocycles. The molecule has 1 aromatic rings. The molecule has 9 nitrogen and oxygen atoms in total. The third-order valence-electron chi connectivity index (χ3n) is 3.89. The maximum absolute atomic E-state index is 12.2. The highest BCUT2D eigenvalue weighted by molar-refractivity contribution is 7.53. The number of aliphatic hydroxyl groups is 1. The SMILES string of the molecule is CCOP(C)(=O)Oc1ccc(NC(=O)CCCCCNC(=O)OC(C)(C)C)cc1CO. The molecule has 10 heteroatoms. The van der Waals surface area contributed by atoms with Crippen LogP contribution in [-0.2, 0) is 25.2 Å². The second kappa shape index (κ2) is 12.7. The standard InChI is InChI=1S/C21H35N2O7P/c1-6-28-31(5,27)30-18-12-11-17(14-16(18)15-24)23-19(25)10-8-7-9-13-22-20(26)29-21(2,3)4/h11-12,14,24H,6-10,13,15H2,1-5H3,(H,22,26)(H,23,25). The fourth-order valence-electron chi connectivity index (χ4n) is 2.62. The summed E-state index contributed by atoms with van der Waals surface area (Å²) >= 11 is 0. The van der Waals surface area contributed by atoms with Crippen LogP contribution in [0.5, 0.6) is 5.75 Å². The van der Waals surface area contributed by atoms with Gasteiger partial charge in [-0.15, -0.1) is 0 Å². The summed E-state index contributed by atoms with van der Waals surface area (Å²) in [5.41, 5.74) is 0.380. The first-order valence-corrected chi connectivity index (χ1v) is 12.4. The van der Waals surface area contributed by atoms with Crippen LogP contribution in [0, 0.1) is 0 Å². The van der Waals surface area contributed by atoms with Crippen molar-refractivity contribution in [3.63, 3.8) is 0 Å². The number of alkyl carbamates (subject to hydrolysis) is 1. The van der Waals surface area contributed by atoms with Crippen LogP contribution in [0.2, 0.25) is 0 Å². The number of hydrogen-bond donors (Lipinski definition) is 3. The number of ether oxygens (including phenoxy) is 1. The van der Waals surface area contributed by atoms with Crippen molar-refractivity contribution in [2.45, 2.75) is 65.6 Å². The molecule has 0 spiro atoms. The number of hydrogen-bond acceptors (Lipinski definition) is 7. The number of anilines is 1. The van der Waals surface area contributed by atoms with Crippen LogP contribution in [0.3, 0.4) is 0 Å². The number of unbranched alkanes of at least 4 members (excludes halogenated alkanes) is 2. The Bertz CT molecular complexity index is 777. The number of rotatable bonds is 12. The van der Waals surface area contributed by atoms with Gasteiger partial charge in [-0.3, -0.25) is 4.79 Å². The van der Waals surface area contributed by atoms with Crippen LogP contribution >= 0.6 is 7.60 Å². The number of carbonyl (C=O) groups is 2. The second-order valence-corrected chi connectivity index (χ2v) is 10.0. The van der Waals surface area contributed by atoms with Gasteiger partial charge >= 0.3 is 13.7 Å². The number of nitrogens with one attached hydrogen (secondary N) is 2. The third-order valence-corrected chi connectivity index (χ3v) is 5.15. The molecule has 0 aromatic heterocycles. The van der Waals surface area contributed by atoms with Crippen LogP contribution < -0.4 is 15.2 Å². The molecular weight excluding hydrogens is 423 g/mol. The fourth-order valence-corrected chi connectivity index (χ4v) is 3.68. The maximum Gasteiger partial charge on any atom is 0.407 e. The van der Waals surface area contributed by atoms with E-state index in [1.807, 2.05) is 0 Å². The highest BCUT2D eigenvalue weighted by atomic mass is 31.2. The lowest BCUT2D eigenvalue weighted by molar-refractivity contribution is -0.116. The lowest BCUT2D eigenvalue weighted by atomic mass is 10.1. The third kappa shape index (κ3) is 11.8. The topological polar surface area (TPSA) is 123 Å². The molecule has 0 aliphatic carbocycles. The van der Waals surface area contributed by atoms with E-state index in [0.29, 0.717) is 30.6 Å². The summed E-state index contributed by atoms with van der Waals surface area (Å²) in [7, 11) is -3.27. The number of aliphatic hydroxyl groups excluding tert-OH is 1. The molecule has 0 fully saturated rings.